The molecule has 7 heteroatoms. The van der Waals surface area contributed by atoms with E-state index in [1.807, 2.05) is 0 Å². The lowest BCUT2D eigenvalue weighted by Crippen LogP contribution is -2.37. The van der Waals surface area contributed by atoms with Gasteiger partial charge in [-0.25, -0.2) is 4.98 Å². The Labute approximate surface area is 96.0 Å². The summed E-state index contributed by atoms with van der Waals surface area (Å²) >= 11 is 1.68. The number of alkyl halides is 5. The van der Waals surface area contributed by atoms with Crippen LogP contribution in [0.3, 0.4) is 0 Å². The van der Waals surface area contributed by atoms with E-state index < -0.39 is 10.9 Å². The molecular formula is C9H5BrF4N2. The molecule has 0 aliphatic carbocycles. The van der Waals surface area contributed by atoms with Gasteiger partial charge in [0, 0.05) is 0 Å². The minimum atomic E-state index is -4.37. The summed E-state index contributed by atoms with van der Waals surface area (Å²) in [5, 5.41) is 0. The molecule has 0 aliphatic heterocycles. The van der Waals surface area contributed by atoms with E-state index in [1.54, 1.807) is 22.0 Å². The van der Waals surface area contributed by atoms with Gasteiger partial charge in [-0.05, 0) is 28.1 Å². The first-order chi connectivity index (χ1) is 7.34. The molecule has 0 atom stereocenters. The van der Waals surface area contributed by atoms with Gasteiger partial charge >= 0.3 is 10.9 Å². The largest absolute Gasteiger partial charge is 0.403 e. The van der Waals surface area contributed by atoms with Crippen LogP contribution in [0.15, 0.2) is 30.6 Å². The molecule has 2 nitrogen and oxygen atoms in total. The van der Waals surface area contributed by atoms with Gasteiger partial charge in [0.25, 0.3) is 0 Å². The van der Waals surface area contributed by atoms with Crippen molar-refractivity contribution < 1.29 is 17.6 Å². The van der Waals surface area contributed by atoms with Crippen molar-refractivity contribution in [3.8, 4) is 0 Å². The highest BCUT2D eigenvalue weighted by molar-refractivity contribution is 9.10. The van der Waals surface area contributed by atoms with E-state index in [9.17, 15) is 17.6 Å². The first kappa shape index (κ1) is 11.4. The van der Waals surface area contributed by atoms with Gasteiger partial charge in [0.2, 0.25) is 0 Å². The minimum Gasteiger partial charge on any atom is -0.264 e. The highest BCUT2D eigenvalue weighted by atomic mass is 79.9. The lowest BCUT2D eigenvalue weighted by molar-refractivity contribution is -0.203. The lowest BCUT2D eigenvalue weighted by atomic mass is 10.3. The number of hydrogen-bond acceptors (Lipinski definition) is 1. The van der Waals surface area contributed by atoms with E-state index in [0.29, 0.717) is 6.33 Å². The zero-order chi connectivity index (χ0) is 12.0. The van der Waals surface area contributed by atoms with Crippen molar-refractivity contribution in [3.05, 3.63) is 30.6 Å². The average molecular weight is 297 g/mol. The van der Waals surface area contributed by atoms with Crippen molar-refractivity contribution in [1.29, 1.82) is 0 Å². The highest BCUT2D eigenvalue weighted by Gasteiger charge is 2.56. The molecule has 0 saturated carbocycles. The molecule has 86 valence electrons. The lowest BCUT2D eigenvalue weighted by Gasteiger charge is -2.22. The molecule has 0 fully saturated rings. The smallest absolute Gasteiger partial charge is 0.264 e. The Bertz CT molecular complexity index is 517. The zero-order valence-corrected chi connectivity index (χ0v) is 9.26. The van der Waals surface area contributed by atoms with Gasteiger partial charge < -0.3 is 0 Å². The predicted octanol–water partition coefficient (Wildman–Crippen LogP) is 3.57. The van der Waals surface area contributed by atoms with E-state index >= 15 is 0 Å². The molecule has 2 rings (SSSR count). The number of imidazole rings is 1. The van der Waals surface area contributed by atoms with Crippen molar-refractivity contribution in [2.45, 2.75) is 10.9 Å². The second kappa shape index (κ2) is 3.44. The van der Waals surface area contributed by atoms with Gasteiger partial charge in [-0.15, -0.1) is 0 Å². The number of fused-ring (bicyclic) bond motifs is 1. The van der Waals surface area contributed by atoms with Crippen LogP contribution in [0.5, 0.6) is 0 Å². The number of para-hydroxylation sites is 2. The SMILES string of the molecule is FC(F)(Br)C(F)(F)n1cnc2ccccc21. The van der Waals surface area contributed by atoms with E-state index in [2.05, 4.69) is 4.98 Å². The molecule has 2 aromatic rings. The van der Waals surface area contributed by atoms with Gasteiger partial charge in [0.15, 0.2) is 0 Å². The number of halogens is 5. The quantitative estimate of drug-likeness (QED) is 0.612. The normalized spacial score (nSPS) is 13.3. The number of hydrogen-bond donors (Lipinski definition) is 0. The molecule has 0 bridgehead atoms. The first-order valence-corrected chi connectivity index (χ1v) is 5.00. The fourth-order valence-corrected chi connectivity index (χ4v) is 1.51. The topological polar surface area (TPSA) is 17.8 Å². The molecular weight excluding hydrogens is 292 g/mol. The third kappa shape index (κ3) is 1.59. The van der Waals surface area contributed by atoms with Crippen LogP contribution in [0.4, 0.5) is 17.6 Å². The Morgan fingerprint density at radius 2 is 1.75 bits per heavy atom. The van der Waals surface area contributed by atoms with Crippen LogP contribution in [0.25, 0.3) is 11.0 Å². The molecule has 0 unspecified atom stereocenters. The predicted molar refractivity (Wildman–Crippen MR) is 53.8 cm³/mol. The number of aromatic nitrogens is 2. The summed E-state index contributed by atoms with van der Waals surface area (Å²) in [7, 11) is 0. The molecule has 0 amide bonds. The maximum absolute atomic E-state index is 13.4. The molecule has 1 aromatic carbocycles. The molecule has 0 N–H and O–H groups in total. The Kier molecular flexibility index (Phi) is 2.45. The monoisotopic (exact) mass is 296 g/mol. The highest BCUT2D eigenvalue weighted by Crippen LogP contribution is 2.44. The molecule has 0 saturated heterocycles. The Balaban J connectivity index is 2.64. The van der Waals surface area contributed by atoms with Gasteiger partial charge in [0.05, 0.1) is 11.0 Å². The van der Waals surface area contributed by atoms with Crippen molar-refractivity contribution >= 4 is 27.0 Å². The average Bonchev–Trinajstić information content (AvgIpc) is 2.59. The van der Waals surface area contributed by atoms with Crippen molar-refractivity contribution in [2.24, 2.45) is 0 Å². The third-order valence-corrected chi connectivity index (χ3v) is 2.57. The maximum atomic E-state index is 13.4. The Morgan fingerprint density at radius 1 is 1.12 bits per heavy atom. The van der Waals surface area contributed by atoms with Crippen molar-refractivity contribution in [1.82, 2.24) is 9.55 Å². The number of benzene rings is 1. The molecule has 1 heterocycles. The van der Waals surface area contributed by atoms with Gasteiger partial charge in [0.1, 0.15) is 6.33 Å². The van der Waals surface area contributed by atoms with E-state index in [1.165, 1.54) is 18.2 Å². The van der Waals surface area contributed by atoms with Crippen molar-refractivity contribution in [3.63, 3.8) is 0 Å². The van der Waals surface area contributed by atoms with Crippen LogP contribution in [0.2, 0.25) is 0 Å². The van der Waals surface area contributed by atoms with Crippen LogP contribution in [0.1, 0.15) is 0 Å². The van der Waals surface area contributed by atoms with Gasteiger partial charge in [-0.2, -0.15) is 17.6 Å². The van der Waals surface area contributed by atoms with E-state index in [-0.39, 0.29) is 15.6 Å². The molecule has 16 heavy (non-hydrogen) atoms. The zero-order valence-electron chi connectivity index (χ0n) is 7.67. The molecule has 0 spiro atoms. The van der Waals surface area contributed by atoms with Gasteiger partial charge in [-0.1, -0.05) is 12.1 Å². The number of nitrogens with zero attached hydrogens (tertiary/aromatic N) is 2. The van der Waals surface area contributed by atoms with Crippen LogP contribution in [0, 0.1) is 0 Å². The minimum absolute atomic E-state index is 0.0494. The van der Waals surface area contributed by atoms with Gasteiger partial charge in [-0.3, -0.25) is 4.57 Å². The fourth-order valence-electron chi connectivity index (χ4n) is 1.32. The van der Waals surface area contributed by atoms with Crippen LogP contribution in [-0.2, 0) is 6.05 Å². The molecule has 0 aliphatic rings. The Morgan fingerprint density at radius 3 is 2.38 bits per heavy atom. The number of rotatable bonds is 2. The van der Waals surface area contributed by atoms with E-state index in [0.717, 1.165) is 0 Å². The second-order valence-electron chi connectivity index (χ2n) is 3.14. The fraction of sp³-hybridized carbons (Fsp3) is 0.222. The summed E-state index contributed by atoms with van der Waals surface area (Å²) in [5.74, 6) is 0. The summed E-state index contributed by atoms with van der Waals surface area (Å²) < 4.78 is 52.3. The van der Waals surface area contributed by atoms with Crippen molar-refractivity contribution in [2.75, 3.05) is 0 Å². The standard InChI is InChI=1S/C9H5BrF4N2/c10-8(11,12)9(13,14)16-5-15-6-3-1-2-4-7(6)16/h1-5H. The Hall–Kier alpha value is -1.11. The van der Waals surface area contributed by atoms with Crippen LogP contribution >= 0.6 is 15.9 Å². The third-order valence-electron chi connectivity index (χ3n) is 2.10. The summed E-state index contributed by atoms with van der Waals surface area (Å²) in [6.07, 6.45) is 0.694. The summed E-state index contributed by atoms with van der Waals surface area (Å²) in [5.41, 5.74) is 0.186. The maximum Gasteiger partial charge on any atom is 0.403 e. The molecule has 1 aromatic heterocycles. The summed E-state index contributed by atoms with van der Waals surface area (Å²) in [6.45, 7) is 0. The second-order valence-corrected chi connectivity index (χ2v) is 4.14. The summed E-state index contributed by atoms with van der Waals surface area (Å²) in [6, 6.07) is 1.46. The van der Waals surface area contributed by atoms with Crippen LogP contribution in [-0.4, -0.2) is 14.4 Å². The first-order valence-electron chi connectivity index (χ1n) is 4.21. The van der Waals surface area contributed by atoms with E-state index in [4.69, 9.17) is 0 Å². The summed E-state index contributed by atoms with van der Waals surface area (Å²) in [4.78, 5) is -0.703. The molecule has 0 radical (unpaired) electrons. The van der Waals surface area contributed by atoms with Crippen LogP contribution < -0.4 is 0 Å².